The maximum Gasteiger partial charge on any atom is 0.224 e. The van der Waals surface area contributed by atoms with E-state index in [2.05, 4.69) is 26.2 Å². The molecule has 3 rings (SSSR count). The highest BCUT2D eigenvalue weighted by Gasteiger charge is 2.20. The quantitative estimate of drug-likeness (QED) is 0.838. The topological polar surface area (TPSA) is 94.0 Å². The van der Waals surface area contributed by atoms with Crippen molar-refractivity contribution < 1.29 is 9.53 Å². The third-order valence-corrected chi connectivity index (χ3v) is 3.36. The summed E-state index contributed by atoms with van der Waals surface area (Å²) < 4.78 is 6.75. The lowest BCUT2D eigenvalue weighted by Gasteiger charge is -2.26. The van der Waals surface area contributed by atoms with Gasteiger partial charge in [-0.25, -0.2) is 4.68 Å². The van der Waals surface area contributed by atoms with Crippen molar-refractivity contribution in [3.05, 3.63) is 24.5 Å². The van der Waals surface area contributed by atoms with Crippen molar-refractivity contribution in [1.29, 1.82) is 0 Å². The van der Waals surface area contributed by atoms with Crippen molar-refractivity contribution in [3.63, 3.8) is 0 Å². The number of nitrogens with one attached hydrogen (secondary N) is 2. The number of amides is 1. The van der Waals surface area contributed by atoms with E-state index in [-0.39, 0.29) is 18.3 Å². The zero-order valence-electron chi connectivity index (χ0n) is 12.0. The van der Waals surface area contributed by atoms with Gasteiger partial charge in [0.15, 0.2) is 0 Å². The van der Waals surface area contributed by atoms with Gasteiger partial charge in [0.25, 0.3) is 0 Å². The number of ether oxygens (including phenoxy) is 1. The lowest BCUT2D eigenvalue weighted by atomic mass is 9.99. The summed E-state index contributed by atoms with van der Waals surface area (Å²) in [7, 11) is 1.57. The average Bonchev–Trinajstić information content (AvgIpc) is 2.96. The minimum Gasteiger partial charge on any atom is -0.497 e. The Morgan fingerprint density at radius 3 is 2.86 bits per heavy atom. The number of carbonyl (C=O) groups excluding carboxylic acids is 1. The van der Waals surface area contributed by atoms with Gasteiger partial charge in [-0.3, -0.25) is 4.79 Å². The number of aromatic nitrogens is 4. The summed E-state index contributed by atoms with van der Waals surface area (Å²) in [6, 6.07) is 5.36. The summed E-state index contributed by atoms with van der Waals surface area (Å²) in [6.45, 7) is 1.81. The van der Waals surface area contributed by atoms with Crippen LogP contribution in [0.1, 0.15) is 6.42 Å². The number of anilines is 1. The SMILES string of the molecule is COc1cc(NC(=O)CC2CNC2)cc(-n2cnnn2)c1.Cl. The molecule has 0 saturated carbocycles. The molecule has 9 heteroatoms. The maximum atomic E-state index is 12.0. The minimum absolute atomic E-state index is 0. The van der Waals surface area contributed by atoms with Gasteiger partial charge in [0.05, 0.1) is 12.8 Å². The Balaban J connectivity index is 0.00000176. The summed E-state index contributed by atoms with van der Waals surface area (Å²) in [6.07, 6.45) is 2.00. The summed E-state index contributed by atoms with van der Waals surface area (Å²) in [5.41, 5.74) is 1.39. The molecule has 0 radical (unpaired) electrons. The Hall–Kier alpha value is -2.19. The molecule has 22 heavy (non-hydrogen) atoms. The molecule has 1 amide bonds. The van der Waals surface area contributed by atoms with E-state index in [4.69, 9.17) is 4.74 Å². The highest BCUT2D eigenvalue weighted by atomic mass is 35.5. The minimum atomic E-state index is -0.00239. The van der Waals surface area contributed by atoms with Gasteiger partial charge in [0.1, 0.15) is 12.1 Å². The first-order chi connectivity index (χ1) is 10.2. The predicted octanol–water partition coefficient (Wildman–Crippen LogP) is 0.641. The number of benzene rings is 1. The smallest absolute Gasteiger partial charge is 0.224 e. The Bertz CT molecular complexity index is 629. The number of tetrazole rings is 1. The fourth-order valence-corrected chi connectivity index (χ4v) is 2.15. The van der Waals surface area contributed by atoms with Gasteiger partial charge in [0, 0.05) is 24.2 Å². The van der Waals surface area contributed by atoms with Crippen molar-refractivity contribution in [2.24, 2.45) is 5.92 Å². The maximum absolute atomic E-state index is 12.0. The van der Waals surface area contributed by atoms with Crippen LogP contribution >= 0.6 is 12.4 Å². The normalized spacial score (nSPS) is 13.9. The van der Waals surface area contributed by atoms with E-state index in [1.54, 1.807) is 25.3 Å². The van der Waals surface area contributed by atoms with Gasteiger partial charge in [-0.05, 0) is 35.5 Å². The third-order valence-electron chi connectivity index (χ3n) is 3.36. The Morgan fingerprint density at radius 2 is 2.27 bits per heavy atom. The predicted molar refractivity (Wildman–Crippen MR) is 82.6 cm³/mol. The molecular weight excluding hydrogens is 308 g/mol. The van der Waals surface area contributed by atoms with Gasteiger partial charge in [0.2, 0.25) is 5.91 Å². The van der Waals surface area contributed by atoms with E-state index >= 15 is 0 Å². The summed E-state index contributed by atoms with van der Waals surface area (Å²) in [4.78, 5) is 12.0. The van der Waals surface area contributed by atoms with Crippen LogP contribution in [0.3, 0.4) is 0 Å². The molecule has 0 bridgehead atoms. The first-order valence-corrected chi connectivity index (χ1v) is 6.67. The third kappa shape index (κ3) is 3.71. The number of rotatable bonds is 5. The van der Waals surface area contributed by atoms with Gasteiger partial charge in [-0.2, -0.15) is 0 Å². The molecule has 1 aliphatic heterocycles. The van der Waals surface area contributed by atoms with E-state index in [1.807, 2.05) is 0 Å². The zero-order chi connectivity index (χ0) is 14.7. The van der Waals surface area contributed by atoms with Crippen LogP contribution in [-0.2, 0) is 4.79 Å². The van der Waals surface area contributed by atoms with Crippen LogP contribution in [-0.4, -0.2) is 46.3 Å². The van der Waals surface area contributed by atoms with E-state index in [9.17, 15) is 4.79 Å². The first-order valence-electron chi connectivity index (χ1n) is 6.67. The van der Waals surface area contributed by atoms with Crippen LogP contribution in [0.2, 0.25) is 0 Å². The second kappa shape index (κ2) is 7.19. The van der Waals surface area contributed by atoms with Gasteiger partial charge >= 0.3 is 0 Å². The number of carbonyl (C=O) groups is 1. The number of halogens is 1. The second-order valence-electron chi connectivity index (χ2n) is 4.95. The number of methoxy groups -OCH3 is 1. The van der Waals surface area contributed by atoms with E-state index in [1.165, 1.54) is 11.0 Å². The Labute approximate surface area is 133 Å². The molecule has 2 heterocycles. The van der Waals surface area contributed by atoms with Gasteiger partial charge in [-0.15, -0.1) is 17.5 Å². The van der Waals surface area contributed by atoms with Crippen LogP contribution in [0.5, 0.6) is 5.75 Å². The highest BCUT2D eigenvalue weighted by Crippen LogP contribution is 2.23. The van der Waals surface area contributed by atoms with Crippen molar-refractivity contribution >= 4 is 24.0 Å². The number of hydrogen-bond donors (Lipinski definition) is 2. The van der Waals surface area contributed by atoms with E-state index < -0.39 is 0 Å². The molecule has 0 atom stereocenters. The lowest BCUT2D eigenvalue weighted by molar-refractivity contribution is -0.117. The summed E-state index contributed by atoms with van der Waals surface area (Å²) >= 11 is 0. The van der Waals surface area contributed by atoms with Crippen LogP contribution in [0.4, 0.5) is 5.69 Å². The molecular formula is C13H17ClN6O2. The van der Waals surface area contributed by atoms with Crippen molar-refractivity contribution in [2.45, 2.75) is 6.42 Å². The van der Waals surface area contributed by atoms with Gasteiger partial charge in [-0.1, -0.05) is 0 Å². The molecule has 1 aromatic heterocycles. The second-order valence-corrected chi connectivity index (χ2v) is 4.95. The van der Waals surface area contributed by atoms with E-state index in [0.29, 0.717) is 23.8 Å². The molecule has 2 aromatic rings. The first kappa shape index (κ1) is 16.2. The molecule has 0 unspecified atom stereocenters. The molecule has 0 spiro atoms. The molecule has 118 valence electrons. The molecule has 0 aliphatic carbocycles. The van der Waals surface area contributed by atoms with Crippen molar-refractivity contribution in [2.75, 3.05) is 25.5 Å². The summed E-state index contributed by atoms with van der Waals surface area (Å²) in [5, 5.41) is 17.1. The van der Waals surface area contributed by atoms with Crippen molar-refractivity contribution in [3.8, 4) is 11.4 Å². The molecule has 1 aliphatic rings. The Kier molecular flexibility index (Phi) is 5.29. The van der Waals surface area contributed by atoms with Gasteiger partial charge < -0.3 is 15.4 Å². The van der Waals surface area contributed by atoms with Crippen LogP contribution in [0, 0.1) is 5.92 Å². The lowest BCUT2D eigenvalue weighted by Crippen LogP contribution is -2.43. The largest absolute Gasteiger partial charge is 0.497 e. The molecule has 2 N–H and O–H groups in total. The Morgan fingerprint density at radius 1 is 1.45 bits per heavy atom. The van der Waals surface area contributed by atoms with Crippen molar-refractivity contribution in [1.82, 2.24) is 25.5 Å². The van der Waals surface area contributed by atoms with Crippen LogP contribution in [0.15, 0.2) is 24.5 Å². The molecule has 1 fully saturated rings. The summed E-state index contributed by atoms with van der Waals surface area (Å²) in [5.74, 6) is 1.05. The zero-order valence-corrected chi connectivity index (χ0v) is 12.8. The molecule has 1 aromatic carbocycles. The number of hydrogen-bond acceptors (Lipinski definition) is 6. The standard InChI is InChI=1S/C13H16N6O2.ClH/c1-21-12-4-10(16-13(20)2-9-6-14-7-9)3-11(5-12)19-8-15-17-18-19;/h3-5,8-9,14H,2,6-7H2,1H3,(H,16,20);1H. The average molecular weight is 325 g/mol. The van der Waals surface area contributed by atoms with Crippen LogP contribution < -0.4 is 15.4 Å². The van der Waals surface area contributed by atoms with E-state index in [0.717, 1.165) is 18.8 Å². The monoisotopic (exact) mass is 324 g/mol. The molecule has 8 nitrogen and oxygen atoms in total. The fourth-order valence-electron chi connectivity index (χ4n) is 2.15. The fraction of sp³-hybridized carbons (Fsp3) is 0.385. The number of nitrogens with zero attached hydrogens (tertiary/aromatic N) is 4. The highest BCUT2D eigenvalue weighted by molar-refractivity contribution is 5.91. The molecule has 1 saturated heterocycles. The van der Waals surface area contributed by atoms with Crippen LogP contribution in [0.25, 0.3) is 5.69 Å².